The Hall–Kier alpha value is -2.57. The van der Waals surface area contributed by atoms with Crippen LogP contribution in [0.2, 0.25) is 5.02 Å². The fourth-order valence-electron chi connectivity index (χ4n) is 2.80. The van der Waals surface area contributed by atoms with Gasteiger partial charge in [0.05, 0.1) is 11.4 Å². The van der Waals surface area contributed by atoms with E-state index in [1.165, 1.54) is 12.1 Å². The van der Waals surface area contributed by atoms with Crippen LogP contribution in [0.15, 0.2) is 64.3 Å². The van der Waals surface area contributed by atoms with Crippen LogP contribution in [0.3, 0.4) is 0 Å². The minimum Gasteiger partial charge on any atom is -0.477 e. The standard InChI is InChI=1S/C21H18ClFN2O2S/c1-12-8-15(22)4-7-18(12)25-20-14(9-13-2-5-16(23)6-3-13)10-28-11-17(20)19(24)21(26)27/h2-9H,10-11,24H2,1H3,(H,26,27)/b14-9+,19-17?,25-20?. The molecular formula is C21H18ClFN2O2S. The second-order valence-electron chi connectivity index (χ2n) is 6.30. The predicted octanol–water partition coefficient (Wildman–Crippen LogP) is 4.99. The minimum atomic E-state index is -1.18. The molecule has 3 N–H and O–H groups in total. The molecule has 4 nitrogen and oxygen atoms in total. The van der Waals surface area contributed by atoms with Crippen LogP contribution in [0.25, 0.3) is 6.08 Å². The molecule has 0 aliphatic carbocycles. The molecule has 28 heavy (non-hydrogen) atoms. The summed E-state index contributed by atoms with van der Waals surface area (Å²) in [6.07, 6.45) is 1.88. The molecule has 2 aromatic carbocycles. The molecule has 0 spiro atoms. The number of carboxylic acid groups (broad SMARTS) is 1. The van der Waals surface area contributed by atoms with Crippen molar-refractivity contribution in [3.8, 4) is 0 Å². The van der Waals surface area contributed by atoms with E-state index >= 15 is 0 Å². The van der Waals surface area contributed by atoms with Crippen molar-refractivity contribution in [3.05, 3.63) is 81.3 Å². The number of aryl methyl sites for hydroxylation is 1. The molecule has 1 aliphatic rings. The van der Waals surface area contributed by atoms with Crippen LogP contribution < -0.4 is 5.73 Å². The van der Waals surface area contributed by atoms with Crippen molar-refractivity contribution in [3.63, 3.8) is 0 Å². The predicted molar refractivity (Wildman–Crippen MR) is 114 cm³/mol. The fraction of sp³-hybridized carbons (Fsp3) is 0.143. The molecule has 0 amide bonds. The molecule has 2 aromatic rings. The highest BCUT2D eigenvalue weighted by molar-refractivity contribution is 7.99. The lowest BCUT2D eigenvalue weighted by atomic mass is 9.99. The van der Waals surface area contributed by atoms with Crippen molar-refractivity contribution in [1.29, 1.82) is 0 Å². The van der Waals surface area contributed by atoms with E-state index in [0.717, 1.165) is 16.7 Å². The first-order valence-corrected chi connectivity index (χ1v) is 10.00. The summed E-state index contributed by atoms with van der Waals surface area (Å²) in [6, 6.07) is 11.4. The van der Waals surface area contributed by atoms with Gasteiger partial charge in [0.1, 0.15) is 11.5 Å². The van der Waals surface area contributed by atoms with Gasteiger partial charge in [-0.05, 0) is 60.0 Å². The Kier molecular flexibility index (Phi) is 6.21. The maximum absolute atomic E-state index is 13.2. The third-order valence-corrected chi connectivity index (χ3v) is 5.49. The zero-order valence-electron chi connectivity index (χ0n) is 15.1. The van der Waals surface area contributed by atoms with Gasteiger partial charge < -0.3 is 10.8 Å². The number of aliphatic carboxylic acids is 1. The average Bonchev–Trinajstić information content (AvgIpc) is 2.66. The average molecular weight is 417 g/mol. The van der Waals surface area contributed by atoms with Gasteiger partial charge in [0, 0.05) is 22.1 Å². The van der Waals surface area contributed by atoms with Gasteiger partial charge in [0.2, 0.25) is 0 Å². The number of carboxylic acids is 1. The highest BCUT2D eigenvalue weighted by atomic mass is 35.5. The van der Waals surface area contributed by atoms with E-state index in [2.05, 4.69) is 0 Å². The minimum absolute atomic E-state index is 0.220. The van der Waals surface area contributed by atoms with Crippen molar-refractivity contribution in [2.75, 3.05) is 11.5 Å². The van der Waals surface area contributed by atoms with Gasteiger partial charge >= 0.3 is 5.97 Å². The highest BCUT2D eigenvalue weighted by Crippen LogP contribution is 2.31. The van der Waals surface area contributed by atoms with E-state index in [0.29, 0.717) is 33.5 Å². The molecule has 1 aliphatic heterocycles. The summed E-state index contributed by atoms with van der Waals surface area (Å²) in [5.74, 6) is -0.412. The Labute approximate surface area is 171 Å². The zero-order chi connectivity index (χ0) is 20.3. The molecular weight excluding hydrogens is 399 g/mol. The molecule has 0 saturated carbocycles. The van der Waals surface area contributed by atoms with Crippen LogP contribution in [0.5, 0.6) is 0 Å². The van der Waals surface area contributed by atoms with Crippen LogP contribution in [0, 0.1) is 12.7 Å². The molecule has 3 rings (SSSR count). The summed E-state index contributed by atoms with van der Waals surface area (Å²) >= 11 is 7.58. The highest BCUT2D eigenvalue weighted by Gasteiger charge is 2.24. The maximum Gasteiger partial charge on any atom is 0.352 e. The number of nitrogens with two attached hydrogens (primary N) is 1. The van der Waals surface area contributed by atoms with E-state index < -0.39 is 5.97 Å². The maximum atomic E-state index is 13.2. The van der Waals surface area contributed by atoms with Crippen LogP contribution >= 0.6 is 23.4 Å². The number of benzene rings is 2. The number of thioether (sulfide) groups is 1. The SMILES string of the molecule is Cc1cc(Cl)ccc1N=C1C(=C(N)C(=O)O)CSC/C1=C\c1ccc(F)cc1. The smallest absolute Gasteiger partial charge is 0.352 e. The van der Waals surface area contributed by atoms with E-state index in [-0.39, 0.29) is 11.5 Å². The number of carbonyl (C=O) groups is 1. The molecule has 0 atom stereocenters. The summed E-state index contributed by atoms with van der Waals surface area (Å²) in [7, 11) is 0. The molecule has 0 aromatic heterocycles. The number of nitrogens with zero attached hydrogens (tertiary/aromatic N) is 1. The monoisotopic (exact) mass is 416 g/mol. The summed E-state index contributed by atoms with van der Waals surface area (Å²) in [4.78, 5) is 16.2. The van der Waals surface area contributed by atoms with Crippen LogP contribution in [-0.4, -0.2) is 28.3 Å². The first kappa shape index (κ1) is 20.2. The van der Waals surface area contributed by atoms with Crippen LogP contribution in [0.4, 0.5) is 10.1 Å². The lowest BCUT2D eigenvalue weighted by Gasteiger charge is -2.22. The van der Waals surface area contributed by atoms with Crippen LogP contribution in [0.1, 0.15) is 11.1 Å². The molecule has 1 fully saturated rings. The van der Waals surface area contributed by atoms with Crippen molar-refractivity contribution in [2.45, 2.75) is 6.92 Å². The van der Waals surface area contributed by atoms with E-state index in [1.807, 2.05) is 13.0 Å². The second kappa shape index (κ2) is 8.63. The summed E-state index contributed by atoms with van der Waals surface area (Å²) in [5.41, 5.74) is 9.84. The van der Waals surface area contributed by atoms with Gasteiger partial charge in [-0.3, -0.25) is 0 Å². The van der Waals surface area contributed by atoms with Crippen molar-refractivity contribution >= 4 is 46.8 Å². The normalized spacial score (nSPS) is 19.1. The van der Waals surface area contributed by atoms with Crippen molar-refractivity contribution < 1.29 is 14.3 Å². The number of rotatable bonds is 3. The van der Waals surface area contributed by atoms with Gasteiger partial charge in [-0.2, -0.15) is 11.8 Å². The van der Waals surface area contributed by atoms with Gasteiger partial charge in [-0.15, -0.1) is 0 Å². The topological polar surface area (TPSA) is 75.7 Å². The number of hydrogen-bond donors (Lipinski definition) is 2. The second-order valence-corrected chi connectivity index (χ2v) is 7.72. The number of hydrogen-bond acceptors (Lipinski definition) is 4. The fourth-order valence-corrected chi connectivity index (χ4v) is 4.07. The number of aliphatic imine (C=N–C) groups is 1. The zero-order valence-corrected chi connectivity index (χ0v) is 16.6. The van der Waals surface area contributed by atoms with Crippen LogP contribution in [-0.2, 0) is 4.79 Å². The molecule has 0 bridgehead atoms. The molecule has 1 heterocycles. The summed E-state index contributed by atoms with van der Waals surface area (Å²) in [6.45, 7) is 1.89. The van der Waals surface area contributed by atoms with Gasteiger partial charge in [0.25, 0.3) is 0 Å². The largest absolute Gasteiger partial charge is 0.477 e. The molecule has 0 radical (unpaired) electrons. The Bertz CT molecular complexity index is 1010. The van der Waals surface area contributed by atoms with Gasteiger partial charge in [-0.25, -0.2) is 14.2 Å². The Morgan fingerprint density at radius 1 is 1.25 bits per heavy atom. The quantitative estimate of drug-likeness (QED) is 0.691. The van der Waals surface area contributed by atoms with Crippen molar-refractivity contribution in [2.24, 2.45) is 10.7 Å². The summed E-state index contributed by atoms with van der Waals surface area (Å²) in [5, 5.41) is 9.99. The first-order valence-electron chi connectivity index (χ1n) is 8.46. The lowest BCUT2D eigenvalue weighted by Crippen LogP contribution is -2.24. The van der Waals surface area contributed by atoms with Gasteiger partial charge in [0.15, 0.2) is 0 Å². The third-order valence-electron chi connectivity index (χ3n) is 4.25. The Morgan fingerprint density at radius 3 is 2.61 bits per heavy atom. The van der Waals surface area contributed by atoms with Gasteiger partial charge in [-0.1, -0.05) is 23.7 Å². The molecule has 144 valence electrons. The van der Waals surface area contributed by atoms with E-state index in [1.54, 1.807) is 42.1 Å². The van der Waals surface area contributed by atoms with E-state index in [4.69, 9.17) is 22.3 Å². The Balaban J connectivity index is 2.17. The molecule has 7 heteroatoms. The molecule has 1 saturated heterocycles. The molecule has 0 unspecified atom stereocenters. The summed E-state index contributed by atoms with van der Waals surface area (Å²) < 4.78 is 13.2. The van der Waals surface area contributed by atoms with Crippen molar-refractivity contribution in [1.82, 2.24) is 0 Å². The first-order chi connectivity index (χ1) is 13.3. The third kappa shape index (κ3) is 4.64. The Morgan fingerprint density at radius 2 is 1.96 bits per heavy atom. The number of halogens is 2. The lowest BCUT2D eigenvalue weighted by molar-refractivity contribution is -0.132. The van der Waals surface area contributed by atoms with E-state index in [9.17, 15) is 14.3 Å².